The van der Waals surface area contributed by atoms with Gasteiger partial charge in [-0.05, 0) is 24.0 Å². The summed E-state index contributed by atoms with van der Waals surface area (Å²) in [6.07, 6.45) is 1.38. The van der Waals surface area contributed by atoms with Gasteiger partial charge in [0.1, 0.15) is 6.04 Å². The number of carbonyl (C=O) groups is 2. The number of carboxylic acids is 1. The Balaban J connectivity index is 2.01. The number of hydrogen-bond donors (Lipinski definition) is 2. The van der Waals surface area contributed by atoms with Gasteiger partial charge in [0, 0.05) is 4.90 Å². The van der Waals surface area contributed by atoms with Gasteiger partial charge in [-0.25, -0.2) is 4.79 Å². The van der Waals surface area contributed by atoms with E-state index in [9.17, 15) is 14.7 Å². The lowest BCUT2D eigenvalue weighted by Gasteiger charge is -2.21. The summed E-state index contributed by atoms with van der Waals surface area (Å²) < 4.78 is 0. The van der Waals surface area contributed by atoms with E-state index in [1.54, 1.807) is 0 Å². The average molecular weight is 293 g/mol. The lowest BCUT2D eigenvalue weighted by Crippen LogP contribution is -2.48. The molecule has 0 spiro atoms. The van der Waals surface area contributed by atoms with Crippen molar-refractivity contribution < 1.29 is 14.7 Å². The van der Waals surface area contributed by atoms with Gasteiger partial charge in [-0.2, -0.15) is 0 Å². The first-order chi connectivity index (χ1) is 9.52. The largest absolute Gasteiger partial charge is 0.480 e. The van der Waals surface area contributed by atoms with Gasteiger partial charge in [-0.1, -0.05) is 38.5 Å². The van der Waals surface area contributed by atoms with Gasteiger partial charge in [0.15, 0.2) is 0 Å². The fourth-order valence-corrected chi connectivity index (χ4v) is 3.46. The first-order valence-corrected chi connectivity index (χ1v) is 7.68. The molecular weight excluding hydrogens is 274 g/mol. The van der Waals surface area contributed by atoms with E-state index in [1.807, 2.05) is 38.1 Å². The van der Waals surface area contributed by atoms with Crippen LogP contribution in [0.1, 0.15) is 25.8 Å². The molecule has 5 heteroatoms. The van der Waals surface area contributed by atoms with E-state index >= 15 is 0 Å². The number of nitrogens with one attached hydrogen (secondary N) is 1. The lowest BCUT2D eigenvalue weighted by atomic mass is 9.99. The second kappa shape index (κ2) is 6.31. The van der Waals surface area contributed by atoms with Crippen molar-refractivity contribution in [1.29, 1.82) is 0 Å². The third kappa shape index (κ3) is 3.15. The zero-order valence-electron chi connectivity index (χ0n) is 11.6. The van der Waals surface area contributed by atoms with Crippen LogP contribution in [0.15, 0.2) is 29.2 Å². The minimum Gasteiger partial charge on any atom is -0.480 e. The van der Waals surface area contributed by atoms with Gasteiger partial charge >= 0.3 is 5.97 Å². The zero-order chi connectivity index (χ0) is 14.7. The van der Waals surface area contributed by atoms with Crippen molar-refractivity contribution in [3.05, 3.63) is 29.8 Å². The number of carbonyl (C=O) groups excluding carboxylic acids is 1. The van der Waals surface area contributed by atoms with Crippen LogP contribution >= 0.6 is 11.8 Å². The van der Waals surface area contributed by atoms with E-state index < -0.39 is 12.0 Å². The number of thioether (sulfide) groups is 1. The molecule has 0 saturated carbocycles. The molecule has 108 valence electrons. The van der Waals surface area contributed by atoms with Crippen LogP contribution in [0.3, 0.4) is 0 Å². The lowest BCUT2D eigenvalue weighted by molar-refractivity contribution is -0.143. The molecule has 0 aromatic heterocycles. The second-order valence-electron chi connectivity index (χ2n) is 5.13. The first-order valence-electron chi connectivity index (χ1n) is 6.80. The minimum absolute atomic E-state index is 0.0785. The number of aliphatic carboxylic acids is 1. The van der Waals surface area contributed by atoms with E-state index in [-0.39, 0.29) is 17.1 Å². The Morgan fingerprint density at radius 2 is 2.15 bits per heavy atom. The minimum atomic E-state index is -0.965. The molecule has 1 aromatic rings. The molecular formula is C15H19NO3S. The van der Waals surface area contributed by atoms with Crippen LogP contribution < -0.4 is 5.32 Å². The molecule has 1 aliphatic rings. The Kier molecular flexibility index (Phi) is 4.70. The van der Waals surface area contributed by atoms with Gasteiger partial charge < -0.3 is 10.4 Å². The van der Waals surface area contributed by atoms with E-state index in [4.69, 9.17) is 0 Å². The van der Waals surface area contributed by atoms with Crippen LogP contribution in [-0.4, -0.2) is 28.3 Å². The third-order valence-electron chi connectivity index (χ3n) is 3.72. The fourth-order valence-electron chi connectivity index (χ4n) is 2.26. The average Bonchev–Trinajstić information content (AvgIpc) is 2.87. The SMILES string of the molecule is CC[C@H](C)[C@H](NC(=O)C1Cc2ccccc2S1)C(=O)O. The van der Waals surface area contributed by atoms with Gasteiger partial charge in [-0.15, -0.1) is 11.8 Å². The van der Waals surface area contributed by atoms with Gasteiger partial charge in [-0.3, -0.25) is 4.79 Å². The smallest absolute Gasteiger partial charge is 0.326 e. The highest BCUT2D eigenvalue weighted by Crippen LogP contribution is 2.36. The molecule has 1 aliphatic heterocycles. The highest BCUT2D eigenvalue weighted by atomic mass is 32.2. The maximum atomic E-state index is 12.3. The standard InChI is InChI=1S/C15H19NO3S/c1-3-9(2)13(15(18)19)16-14(17)12-8-10-6-4-5-7-11(10)20-12/h4-7,9,12-13H,3,8H2,1-2H3,(H,16,17)(H,18,19)/t9-,12?,13-/m0/s1. The molecule has 4 nitrogen and oxygen atoms in total. The number of fused-ring (bicyclic) bond motifs is 1. The summed E-state index contributed by atoms with van der Waals surface area (Å²) in [4.78, 5) is 24.6. The number of carboxylic acid groups (broad SMARTS) is 1. The van der Waals surface area contributed by atoms with Crippen molar-refractivity contribution >= 4 is 23.6 Å². The molecule has 1 amide bonds. The van der Waals surface area contributed by atoms with E-state index in [1.165, 1.54) is 11.8 Å². The van der Waals surface area contributed by atoms with Crippen LogP contribution in [0.2, 0.25) is 0 Å². The summed E-state index contributed by atoms with van der Waals surface area (Å²) in [5.74, 6) is -1.22. The van der Waals surface area contributed by atoms with Crippen molar-refractivity contribution in [2.24, 2.45) is 5.92 Å². The molecule has 0 saturated heterocycles. The van der Waals surface area contributed by atoms with Crippen molar-refractivity contribution in [3.8, 4) is 0 Å². The van der Waals surface area contributed by atoms with Crippen molar-refractivity contribution in [3.63, 3.8) is 0 Å². The van der Waals surface area contributed by atoms with Crippen molar-refractivity contribution in [1.82, 2.24) is 5.32 Å². The Morgan fingerprint density at radius 3 is 2.75 bits per heavy atom. The summed E-state index contributed by atoms with van der Waals surface area (Å²) in [5, 5.41) is 11.7. The maximum absolute atomic E-state index is 12.3. The van der Waals surface area contributed by atoms with Crippen LogP contribution in [-0.2, 0) is 16.0 Å². The van der Waals surface area contributed by atoms with Crippen molar-refractivity contribution in [2.45, 2.75) is 42.9 Å². The van der Waals surface area contributed by atoms with Crippen LogP contribution in [0.5, 0.6) is 0 Å². The molecule has 0 bridgehead atoms. The molecule has 0 radical (unpaired) electrons. The molecule has 2 rings (SSSR count). The monoisotopic (exact) mass is 293 g/mol. The summed E-state index contributed by atoms with van der Waals surface area (Å²) in [6.45, 7) is 3.77. The normalized spacial score (nSPS) is 20.0. The van der Waals surface area contributed by atoms with E-state index in [0.29, 0.717) is 6.42 Å². The maximum Gasteiger partial charge on any atom is 0.326 e. The van der Waals surface area contributed by atoms with Crippen LogP contribution in [0.25, 0.3) is 0 Å². The molecule has 1 aromatic carbocycles. The number of hydrogen-bond acceptors (Lipinski definition) is 3. The van der Waals surface area contributed by atoms with Crippen LogP contribution in [0, 0.1) is 5.92 Å². The topological polar surface area (TPSA) is 66.4 Å². The molecule has 2 N–H and O–H groups in total. The molecule has 20 heavy (non-hydrogen) atoms. The Bertz CT molecular complexity index is 493. The van der Waals surface area contributed by atoms with Crippen LogP contribution in [0.4, 0.5) is 0 Å². The molecule has 0 aliphatic carbocycles. The van der Waals surface area contributed by atoms with E-state index in [0.717, 1.165) is 16.9 Å². The van der Waals surface area contributed by atoms with Crippen molar-refractivity contribution in [2.75, 3.05) is 0 Å². The number of amides is 1. The highest BCUT2D eigenvalue weighted by molar-refractivity contribution is 8.01. The van der Waals surface area contributed by atoms with Gasteiger partial charge in [0.05, 0.1) is 5.25 Å². The number of benzene rings is 1. The second-order valence-corrected chi connectivity index (χ2v) is 6.37. The first kappa shape index (κ1) is 14.9. The number of rotatable bonds is 5. The molecule has 1 heterocycles. The summed E-state index contributed by atoms with van der Waals surface area (Å²) in [6, 6.07) is 7.11. The molecule has 0 fully saturated rings. The predicted molar refractivity (Wildman–Crippen MR) is 78.8 cm³/mol. The molecule has 1 unspecified atom stereocenters. The van der Waals surface area contributed by atoms with Gasteiger partial charge in [0.25, 0.3) is 0 Å². The summed E-state index contributed by atoms with van der Waals surface area (Å²) >= 11 is 1.51. The zero-order valence-corrected chi connectivity index (χ0v) is 12.4. The Hall–Kier alpha value is -1.49. The molecule has 3 atom stereocenters. The summed E-state index contributed by atoms with van der Waals surface area (Å²) in [7, 11) is 0. The van der Waals surface area contributed by atoms with E-state index in [2.05, 4.69) is 5.32 Å². The highest BCUT2D eigenvalue weighted by Gasteiger charge is 2.32. The Labute approximate surface area is 123 Å². The summed E-state index contributed by atoms with van der Waals surface area (Å²) in [5.41, 5.74) is 1.16. The third-order valence-corrected chi connectivity index (χ3v) is 5.03. The van der Waals surface area contributed by atoms with Gasteiger partial charge in [0.2, 0.25) is 5.91 Å². The fraction of sp³-hybridized carbons (Fsp3) is 0.467. The quantitative estimate of drug-likeness (QED) is 0.874. The Morgan fingerprint density at radius 1 is 1.45 bits per heavy atom. The predicted octanol–water partition coefficient (Wildman–Crippen LogP) is 2.32.